The van der Waals surface area contributed by atoms with Gasteiger partial charge in [0.2, 0.25) is 6.10 Å². The van der Waals surface area contributed by atoms with Gasteiger partial charge in [0.15, 0.2) is 0 Å². The van der Waals surface area contributed by atoms with Gasteiger partial charge in [0.1, 0.15) is 0 Å². The first-order chi connectivity index (χ1) is 6.77. The predicted octanol–water partition coefficient (Wildman–Crippen LogP) is 1.34. The molecule has 0 spiro atoms. The summed E-state index contributed by atoms with van der Waals surface area (Å²) in [4.78, 5) is 19.6. The zero-order valence-electron chi connectivity index (χ0n) is 7.18. The SMILES string of the molecule is O=C(Cl)C1CC(c2cccnc2)=NO1. The minimum atomic E-state index is -0.646. The Labute approximate surface area is 85.5 Å². The average molecular weight is 211 g/mol. The molecule has 0 amide bonds. The molecule has 14 heavy (non-hydrogen) atoms. The maximum atomic E-state index is 10.8. The van der Waals surface area contributed by atoms with E-state index in [0.717, 1.165) is 5.56 Å². The van der Waals surface area contributed by atoms with Gasteiger partial charge in [0.25, 0.3) is 5.24 Å². The van der Waals surface area contributed by atoms with Crippen LogP contribution in [0.5, 0.6) is 0 Å². The second-order valence-corrected chi connectivity index (χ2v) is 3.25. The van der Waals surface area contributed by atoms with Crippen LogP contribution >= 0.6 is 11.6 Å². The van der Waals surface area contributed by atoms with Crippen LogP contribution in [0.25, 0.3) is 0 Å². The number of carbonyl (C=O) groups excluding carboxylic acids is 1. The van der Waals surface area contributed by atoms with Gasteiger partial charge in [-0.3, -0.25) is 9.78 Å². The number of aromatic nitrogens is 1. The monoisotopic (exact) mass is 210 g/mol. The fourth-order valence-electron chi connectivity index (χ4n) is 1.20. The van der Waals surface area contributed by atoms with Gasteiger partial charge in [-0.1, -0.05) is 5.16 Å². The summed E-state index contributed by atoms with van der Waals surface area (Å²) in [5.74, 6) is 0. The molecule has 0 saturated heterocycles. The topological polar surface area (TPSA) is 51.5 Å². The van der Waals surface area contributed by atoms with Crippen molar-refractivity contribution in [2.75, 3.05) is 0 Å². The molecule has 2 heterocycles. The molecule has 2 rings (SSSR count). The predicted molar refractivity (Wildman–Crippen MR) is 51.1 cm³/mol. The summed E-state index contributed by atoms with van der Waals surface area (Å²) in [5, 5.41) is 3.26. The molecular formula is C9H7ClN2O2. The number of rotatable bonds is 2. The summed E-state index contributed by atoms with van der Waals surface area (Å²) in [6, 6.07) is 3.66. The van der Waals surface area contributed by atoms with Crippen LogP contribution in [0, 0.1) is 0 Å². The van der Waals surface area contributed by atoms with Gasteiger partial charge in [-0.25, -0.2) is 0 Å². The maximum Gasteiger partial charge on any atom is 0.265 e. The van der Waals surface area contributed by atoms with Gasteiger partial charge >= 0.3 is 0 Å². The Bertz CT molecular complexity index is 378. The van der Waals surface area contributed by atoms with Crippen LogP contribution < -0.4 is 0 Å². The second kappa shape index (κ2) is 3.75. The Morgan fingerprint density at radius 1 is 1.64 bits per heavy atom. The fraction of sp³-hybridized carbons (Fsp3) is 0.222. The van der Waals surface area contributed by atoms with Crippen LogP contribution in [0.3, 0.4) is 0 Å². The molecule has 0 radical (unpaired) electrons. The molecule has 72 valence electrons. The third-order valence-electron chi connectivity index (χ3n) is 1.92. The molecule has 0 aromatic carbocycles. The third kappa shape index (κ3) is 1.75. The standard InChI is InChI=1S/C9H7ClN2O2/c10-9(13)8-4-7(12-14-8)6-2-1-3-11-5-6/h1-3,5,8H,4H2. The van der Waals surface area contributed by atoms with Gasteiger partial charge in [-0.2, -0.15) is 0 Å². The summed E-state index contributed by atoms with van der Waals surface area (Å²) < 4.78 is 0. The lowest BCUT2D eigenvalue weighted by atomic mass is 10.1. The van der Waals surface area contributed by atoms with Gasteiger partial charge in [-0.15, -0.1) is 0 Å². The summed E-state index contributed by atoms with van der Waals surface area (Å²) in [5.41, 5.74) is 1.56. The fourth-order valence-corrected chi connectivity index (χ4v) is 1.32. The number of hydrogen-bond donors (Lipinski definition) is 0. The van der Waals surface area contributed by atoms with E-state index in [9.17, 15) is 4.79 Å². The lowest BCUT2D eigenvalue weighted by Crippen LogP contribution is -2.15. The quantitative estimate of drug-likeness (QED) is 0.693. The molecule has 1 aliphatic rings. The van der Waals surface area contributed by atoms with Gasteiger partial charge < -0.3 is 4.84 Å². The van der Waals surface area contributed by atoms with Crippen molar-refractivity contribution in [2.24, 2.45) is 5.16 Å². The molecule has 1 aromatic heterocycles. The minimum absolute atomic E-state index is 0.411. The highest BCUT2D eigenvalue weighted by Gasteiger charge is 2.27. The molecule has 1 aliphatic heterocycles. The van der Waals surface area contributed by atoms with E-state index in [0.29, 0.717) is 12.1 Å². The Morgan fingerprint density at radius 3 is 3.07 bits per heavy atom. The summed E-state index contributed by atoms with van der Waals surface area (Å²) in [7, 11) is 0. The Hall–Kier alpha value is -1.42. The van der Waals surface area contributed by atoms with Crippen LogP contribution in [0.4, 0.5) is 0 Å². The van der Waals surface area contributed by atoms with E-state index < -0.39 is 11.3 Å². The molecule has 1 aromatic rings. The smallest absolute Gasteiger partial charge is 0.265 e. The minimum Gasteiger partial charge on any atom is -0.382 e. The molecule has 0 bridgehead atoms. The molecule has 5 heteroatoms. The van der Waals surface area contributed by atoms with Crippen LogP contribution in [-0.2, 0) is 9.63 Å². The third-order valence-corrected chi connectivity index (χ3v) is 2.16. The van der Waals surface area contributed by atoms with E-state index in [1.165, 1.54) is 0 Å². The van der Waals surface area contributed by atoms with Crippen molar-refractivity contribution in [3.8, 4) is 0 Å². The first-order valence-corrected chi connectivity index (χ1v) is 4.47. The van der Waals surface area contributed by atoms with E-state index in [1.54, 1.807) is 18.5 Å². The highest BCUT2D eigenvalue weighted by atomic mass is 35.5. The number of pyridine rings is 1. The zero-order chi connectivity index (χ0) is 9.97. The van der Waals surface area contributed by atoms with Crippen molar-refractivity contribution in [1.29, 1.82) is 0 Å². The van der Waals surface area contributed by atoms with E-state index in [-0.39, 0.29) is 0 Å². The van der Waals surface area contributed by atoms with Gasteiger partial charge in [0.05, 0.1) is 5.71 Å². The van der Waals surface area contributed by atoms with Crippen LogP contribution in [0.2, 0.25) is 0 Å². The van der Waals surface area contributed by atoms with Crippen molar-refractivity contribution in [3.63, 3.8) is 0 Å². The summed E-state index contributed by atoms with van der Waals surface area (Å²) in [6.45, 7) is 0. The summed E-state index contributed by atoms with van der Waals surface area (Å²) >= 11 is 5.28. The Kier molecular flexibility index (Phi) is 2.45. The normalized spacial score (nSPS) is 20.1. The van der Waals surface area contributed by atoms with Crippen molar-refractivity contribution < 1.29 is 9.63 Å². The maximum absolute atomic E-state index is 10.8. The molecule has 0 N–H and O–H groups in total. The van der Waals surface area contributed by atoms with E-state index >= 15 is 0 Å². The molecule has 4 nitrogen and oxygen atoms in total. The van der Waals surface area contributed by atoms with Crippen LogP contribution in [0.15, 0.2) is 29.7 Å². The molecular weight excluding hydrogens is 204 g/mol. The molecule has 1 unspecified atom stereocenters. The largest absolute Gasteiger partial charge is 0.382 e. The zero-order valence-corrected chi connectivity index (χ0v) is 7.94. The highest BCUT2D eigenvalue weighted by Crippen LogP contribution is 2.17. The van der Waals surface area contributed by atoms with E-state index in [2.05, 4.69) is 10.1 Å². The molecule has 0 aliphatic carbocycles. The van der Waals surface area contributed by atoms with Crippen LogP contribution in [0.1, 0.15) is 12.0 Å². The van der Waals surface area contributed by atoms with Crippen molar-refractivity contribution in [2.45, 2.75) is 12.5 Å². The van der Waals surface area contributed by atoms with Crippen molar-refractivity contribution in [3.05, 3.63) is 30.1 Å². The number of oxime groups is 1. The number of nitrogens with zero attached hydrogens (tertiary/aromatic N) is 2. The van der Waals surface area contributed by atoms with E-state index in [4.69, 9.17) is 16.4 Å². The van der Waals surface area contributed by atoms with Gasteiger partial charge in [0, 0.05) is 24.4 Å². The van der Waals surface area contributed by atoms with E-state index in [1.807, 2.05) is 6.07 Å². The van der Waals surface area contributed by atoms with Gasteiger partial charge in [-0.05, 0) is 23.7 Å². The molecule has 1 atom stereocenters. The molecule has 0 saturated carbocycles. The number of hydrogen-bond acceptors (Lipinski definition) is 4. The highest BCUT2D eigenvalue weighted by molar-refractivity contribution is 6.64. The Balaban J connectivity index is 2.13. The summed E-state index contributed by atoms with van der Waals surface area (Å²) in [6.07, 6.45) is 3.10. The average Bonchev–Trinajstić information content (AvgIpc) is 2.68. The second-order valence-electron chi connectivity index (χ2n) is 2.88. The lowest BCUT2D eigenvalue weighted by Gasteiger charge is -1.99. The van der Waals surface area contributed by atoms with Crippen molar-refractivity contribution in [1.82, 2.24) is 4.98 Å². The first kappa shape index (κ1) is 9.15. The molecule has 0 fully saturated rings. The Morgan fingerprint density at radius 2 is 2.50 bits per heavy atom. The number of carbonyl (C=O) groups is 1. The number of halogens is 1. The lowest BCUT2D eigenvalue weighted by molar-refractivity contribution is -0.120. The van der Waals surface area contributed by atoms with Crippen LogP contribution in [-0.4, -0.2) is 22.0 Å². The van der Waals surface area contributed by atoms with Crippen molar-refractivity contribution >= 4 is 22.6 Å². The first-order valence-electron chi connectivity index (χ1n) is 4.10.